The molecule has 2 N–H and O–H groups in total. The molecule has 1 amide bonds. The van der Waals surface area contributed by atoms with Crippen molar-refractivity contribution in [3.05, 3.63) is 106 Å². The van der Waals surface area contributed by atoms with Gasteiger partial charge in [-0.05, 0) is 48.5 Å². The monoisotopic (exact) mass is 478 g/mol. The van der Waals surface area contributed by atoms with Crippen molar-refractivity contribution in [1.29, 1.82) is 0 Å². The van der Waals surface area contributed by atoms with Gasteiger partial charge in [-0.1, -0.05) is 53.5 Å². The summed E-state index contributed by atoms with van der Waals surface area (Å²) in [6.45, 7) is 0. The van der Waals surface area contributed by atoms with Gasteiger partial charge in [-0.15, -0.1) is 0 Å². The molecule has 4 nitrogen and oxygen atoms in total. The molecule has 0 radical (unpaired) electrons. The summed E-state index contributed by atoms with van der Waals surface area (Å²) < 4.78 is 42.4. The first-order chi connectivity index (χ1) is 15.2. The maximum absolute atomic E-state index is 14.1. The highest BCUT2D eigenvalue weighted by Crippen LogP contribution is 2.48. The third kappa shape index (κ3) is 4.32. The van der Waals surface area contributed by atoms with E-state index in [9.17, 15) is 18.0 Å². The van der Waals surface area contributed by atoms with E-state index in [4.69, 9.17) is 28.0 Å². The van der Waals surface area contributed by atoms with Crippen LogP contribution in [0.4, 0.5) is 18.9 Å². The molecule has 1 heterocycles. The van der Waals surface area contributed by atoms with E-state index in [1.54, 1.807) is 54.6 Å². The Labute approximate surface area is 191 Å². The van der Waals surface area contributed by atoms with Gasteiger partial charge in [0.2, 0.25) is 5.60 Å². The summed E-state index contributed by atoms with van der Waals surface area (Å²) in [4.78, 5) is 17.5. The van der Waals surface area contributed by atoms with Crippen LogP contribution in [0.15, 0.2) is 78.9 Å². The van der Waals surface area contributed by atoms with E-state index in [-0.39, 0.29) is 27.2 Å². The van der Waals surface area contributed by atoms with Gasteiger partial charge in [0.05, 0.1) is 5.70 Å². The summed E-state index contributed by atoms with van der Waals surface area (Å²) >= 11 is 11.9. The van der Waals surface area contributed by atoms with Gasteiger partial charge in [0.1, 0.15) is 0 Å². The lowest BCUT2D eigenvalue weighted by Crippen LogP contribution is -2.42. The SMILES string of the molecule is O=C(Nc1cccc(C2=CC(c3cc(Cl)cc(Cl)c3)(C(F)(F)F)ON2)c1)c1ccccc1. The van der Waals surface area contributed by atoms with E-state index in [1.165, 1.54) is 6.07 Å². The summed E-state index contributed by atoms with van der Waals surface area (Å²) in [5.74, 6) is -0.342. The first kappa shape index (κ1) is 22.2. The molecule has 3 aromatic rings. The molecule has 3 aromatic carbocycles. The number of carbonyl (C=O) groups is 1. The van der Waals surface area contributed by atoms with Crippen LogP contribution >= 0.6 is 23.2 Å². The van der Waals surface area contributed by atoms with Gasteiger partial charge in [0.25, 0.3) is 5.91 Å². The molecule has 9 heteroatoms. The third-order valence-corrected chi connectivity index (χ3v) is 5.29. The van der Waals surface area contributed by atoms with Crippen molar-refractivity contribution in [3.8, 4) is 0 Å². The third-order valence-electron chi connectivity index (χ3n) is 4.85. The predicted molar refractivity (Wildman–Crippen MR) is 117 cm³/mol. The first-order valence-electron chi connectivity index (χ1n) is 9.35. The van der Waals surface area contributed by atoms with Crippen LogP contribution < -0.4 is 10.8 Å². The van der Waals surface area contributed by atoms with Crippen molar-refractivity contribution in [2.75, 3.05) is 5.32 Å². The molecule has 1 unspecified atom stereocenters. The van der Waals surface area contributed by atoms with Crippen LogP contribution in [0.25, 0.3) is 5.70 Å². The second-order valence-electron chi connectivity index (χ2n) is 7.05. The van der Waals surface area contributed by atoms with Gasteiger partial charge in [0.15, 0.2) is 0 Å². The fourth-order valence-electron chi connectivity index (χ4n) is 3.31. The lowest BCUT2D eigenvalue weighted by atomic mass is 9.91. The van der Waals surface area contributed by atoms with Gasteiger partial charge in [0, 0.05) is 32.4 Å². The zero-order valence-electron chi connectivity index (χ0n) is 16.2. The zero-order chi connectivity index (χ0) is 22.9. The summed E-state index contributed by atoms with van der Waals surface area (Å²) in [6.07, 6.45) is -3.89. The molecular formula is C23H15Cl2F3N2O2. The molecule has 32 heavy (non-hydrogen) atoms. The van der Waals surface area contributed by atoms with Crippen molar-refractivity contribution in [3.63, 3.8) is 0 Å². The van der Waals surface area contributed by atoms with E-state index in [2.05, 4.69) is 10.8 Å². The maximum atomic E-state index is 14.1. The van der Waals surface area contributed by atoms with Crippen LogP contribution in [0.2, 0.25) is 10.0 Å². The van der Waals surface area contributed by atoms with Crippen LogP contribution in [0.3, 0.4) is 0 Å². The summed E-state index contributed by atoms with van der Waals surface area (Å²) in [6, 6.07) is 18.6. The Hall–Kier alpha value is -3.00. The minimum atomic E-state index is -4.81. The topological polar surface area (TPSA) is 50.4 Å². The van der Waals surface area contributed by atoms with Crippen LogP contribution in [0, 0.1) is 0 Å². The fourth-order valence-corrected chi connectivity index (χ4v) is 3.84. The fraction of sp³-hybridized carbons (Fsp3) is 0.0870. The lowest BCUT2D eigenvalue weighted by Gasteiger charge is -2.28. The van der Waals surface area contributed by atoms with Crippen molar-refractivity contribution < 1.29 is 22.8 Å². The Morgan fingerprint density at radius 1 is 0.938 bits per heavy atom. The van der Waals surface area contributed by atoms with Gasteiger partial charge in [-0.25, -0.2) is 0 Å². The van der Waals surface area contributed by atoms with Gasteiger partial charge in [-0.2, -0.15) is 13.2 Å². The van der Waals surface area contributed by atoms with Gasteiger partial charge in [-0.3, -0.25) is 15.1 Å². The molecule has 0 bridgehead atoms. The normalized spacial score (nSPS) is 18.1. The summed E-state index contributed by atoms with van der Waals surface area (Å²) in [5.41, 5.74) is 0.631. The molecule has 0 saturated carbocycles. The number of anilines is 1. The van der Waals surface area contributed by atoms with Gasteiger partial charge >= 0.3 is 6.18 Å². The van der Waals surface area contributed by atoms with E-state index in [1.807, 2.05) is 0 Å². The second kappa shape index (κ2) is 8.50. The molecule has 164 valence electrons. The Morgan fingerprint density at radius 2 is 1.62 bits per heavy atom. The van der Waals surface area contributed by atoms with Crippen molar-refractivity contribution in [1.82, 2.24) is 5.48 Å². The number of amides is 1. The Morgan fingerprint density at radius 3 is 2.28 bits per heavy atom. The van der Waals surface area contributed by atoms with Crippen LogP contribution in [-0.2, 0) is 10.4 Å². The van der Waals surface area contributed by atoms with Crippen LogP contribution in [0.1, 0.15) is 21.5 Å². The summed E-state index contributed by atoms with van der Waals surface area (Å²) in [7, 11) is 0. The highest BCUT2D eigenvalue weighted by molar-refractivity contribution is 6.34. The van der Waals surface area contributed by atoms with Crippen LogP contribution in [-0.4, -0.2) is 12.1 Å². The Bertz CT molecular complexity index is 1180. The number of alkyl halides is 3. The molecule has 0 spiro atoms. The summed E-state index contributed by atoms with van der Waals surface area (Å²) in [5, 5.41) is 2.82. The van der Waals surface area contributed by atoms with Crippen molar-refractivity contribution >= 4 is 40.5 Å². The second-order valence-corrected chi connectivity index (χ2v) is 7.93. The Kier molecular flexibility index (Phi) is 5.90. The number of hydroxylamine groups is 1. The number of benzene rings is 3. The molecule has 1 aliphatic heterocycles. The molecule has 0 fully saturated rings. The van der Waals surface area contributed by atoms with E-state index < -0.39 is 11.8 Å². The molecule has 4 rings (SSSR count). The number of carbonyl (C=O) groups excluding carboxylic acids is 1. The highest BCUT2D eigenvalue weighted by atomic mass is 35.5. The standard InChI is InChI=1S/C23H15Cl2F3N2O2/c24-17-10-16(11-18(25)12-17)22(23(26,27)28)13-20(30-32-22)15-7-4-8-19(9-15)29-21(31)14-5-2-1-3-6-14/h1-13,30H,(H,29,31). The van der Waals surface area contributed by atoms with E-state index in [0.717, 1.165) is 18.2 Å². The van der Waals surface area contributed by atoms with Crippen molar-refractivity contribution in [2.45, 2.75) is 11.8 Å². The molecular weight excluding hydrogens is 464 g/mol. The predicted octanol–water partition coefficient (Wildman–Crippen LogP) is 6.58. The van der Waals surface area contributed by atoms with E-state index >= 15 is 0 Å². The lowest BCUT2D eigenvalue weighted by molar-refractivity contribution is -0.269. The average Bonchev–Trinajstić information content (AvgIpc) is 3.21. The number of hydrogen-bond donors (Lipinski definition) is 2. The molecule has 1 atom stereocenters. The molecule has 1 aliphatic rings. The molecule has 0 aliphatic carbocycles. The number of nitrogens with one attached hydrogen (secondary N) is 2. The number of halogens is 5. The molecule has 0 saturated heterocycles. The smallest absolute Gasteiger partial charge is 0.322 e. The van der Waals surface area contributed by atoms with Crippen LogP contribution in [0.5, 0.6) is 0 Å². The minimum Gasteiger partial charge on any atom is -0.322 e. The molecule has 0 aromatic heterocycles. The maximum Gasteiger partial charge on any atom is 0.428 e. The number of rotatable bonds is 4. The minimum absolute atomic E-state index is 0.0483. The quantitative estimate of drug-likeness (QED) is 0.445. The first-order valence-corrected chi connectivity index (χ1v) is 10.1. The van der Waals surface area contributed by atoms with Gasteiger partial charge < -0.3 is 5.32 Å². The largest absolute Gasteiger partial charge is 0.428 e. The van der Waals surface area contributed by atoms with E-state index in [0.29, 0.717) is 16.8 Å². The van der Waals surface area contributed by atoms with Crippen molar-refractivity contribution in [2.24, 2.45) is 0 Å². The Balaban J connectivity index is 1.68. The number of hydrogen-bond acceptors (Lipinski definition) is 3. The zero-order valence-corrected chi connectivity index (χ0v) is 17.7. The highest BCUT2D eigenvalue weighted by Gasteiger charge is 2.59. The average molecular weight is 479 g/mol.